The van der Waals surface area contributed by atoms with Crippen LogP contribution in [0.3, 0.4) is 0 Å². The predicted octanol–water partition coefficient (Wildman–Crippen LogP) is 0.901. The molecule has 3 saturated heterocycles. The van der Waals surface area contributed by atoms with Gasteiger partial charge in [-0.1, -0.05) is 20.8 Å². The van der Waals surface area contributed by atoms with Crippen LogP contribution < -0.4 is 0 Å². The molecule has 52 heavy (non-hydrogen) atoms. The molecule has 18 atom stereocenters. The van der Waals surface area contributed by atoms with Gasteiger partial charge in [0.25, 0.3) is 0 Å². The highest BCUT2D eigenvalue weighted by atomic mass is 16.7. The average molecular weight is 750 g/mol. The second-order valence-corrected chi connectivity index (χ2v) is 16.8. The van der Waals surface area contributed by atoms with Gasteiger partial charge in [-0.05, 0) is 81.8 Å². The molecular formula is C37H67NO14. The van der Waals surface area contributed by atoms with Crippen LogP contribution in [0.15, 0.2) is 0 Å². The molecule has 15 heteroatoms. The molecule has 3 aliphatic heterocycles. The number of ether oxygens (including phenoxy) is 6. The number of esters is 1. The Morgan fingerprint density at radius 3 is 2.04 bits per heavy atom. The van der Waals surface area contributed by atoms with Crippen LogP contribution in [0.1, 0.15) is 94.9 Å². The predicted molar refractivity (Wildman–Crippen MR) is 188 cm³/mol. The Kier molecular flexibility index (Phi) is 14.6. The quantitative estimate of drug-likeness (QED) is 0.200. The third-order valence-corrected chi connectivity index (χ3v) is 11.8. The zero-order valence-corrected chi connectivity index (χ0v) is 33.3. The van der Waals surface area contributed by atoms with Crippen molar-refractivity contribution in [1.82, 2.24) is 4.90 Å². The third-order valence-electron chi connectivity index (χ3n) is 11.8. The number of Topliss-reactive ketones (excluding diaryl/α,β-unsaturated/α-hetero) is 1. The third kappa shape index (κ3) is 9.19. The van der Waals surface area contributed by atoms with Crippen molar-refractivity contribution < 1.29 is 68.6 Å². The van der Waals surface area contributed by atoms with E-state index < -0.39 is 107 Å². The number of ketones is 1. The molecule has 3 aliphatic rings. The van der Waals surface area contributed by atoms with Gasteiger partial charge in [0, 0.05) is 31.4 Å². The lowest BCUT2D eigenvalue weighted by Crippen LogP contribution is -2.65. The first-order valence-electron chi connectivity index (χ1n) is 18.6. The molecule has 0 aliphatic carbocycles. The minimum atomic E-state index is -2.52. The summed E-state index contributed by atoms with van der Waals surface area (Å²) in [6.07, 6.45) is -11.1. The summed E-state index contributed by atoms with van der Waals surface area (Å²) in [6, 6.07) is -0.361. The zero-order valence-electron chi connectivity index (χ0n) is 33.3. The Bertz CT molecular complexity index is 1210. The van der Waals surface area contributed by atoms with Gasteiger partial charge in [0.1, 0.15) is 35.6 Å². The molecule has 0 spiro atoms. The SMILES string of the molecule is CC[C@H]1OC(=O)[C@H](C)[C@@H](O[C@H]2C[C@@](C)(OC)[C@@H](O)[C@H](C)O2)[C@H](C)[C@@H](O[C@@H]2O[C@H](C)C[C@H](N(C)C)[C@H]2O)[C@](C)(O)C[C@@H](C)C(=O)C(C)(O)[C@@H](O)[C@]1(C)O. The van der Waals surface area contributed by atoms with Crippen LogP contribution in [0.4, 0.5) is 0 Å². The zero-order chi connectivity index (χ0) is 39.9. The smallest absolute Gasteiger partial charge is 0.311 e. The van der Waals surface area contributed by atoms with Crippen LogP contribution in [-0.4, -0.2) is 158 Å². The van der Waals surface area contributed by atoms with E-state index in [2.05, 4.69) is 0 Å². The fourth-order valence-corrected chi connectivity index (χ4v) is 8.48. The number of aliphatic hydroxyl groups excluding tert-OH is 3. The number of carbonyl (C=O) groups excluding carboxylic acids is 2. The van der Waals surface area contributed by atoms with Crippen molar-refractivity contribution in [1.29, 1.82) is 0 Å². The van der Waals surface area contributed by atoms with Gasteiger partial charge in [0.05, 0.1) is 41.5 Å². The molecule has 0 saturated carbocycles. The molecule has 0 aromatic carbocycles. The number of cyclic esters (lactones) is 1. The monoisotopic (exact) mass is 749 g/mol. The van der Waals surface area contributed by atoms with E-state index in [-0.39, 0.29) is 31.4 Å². The maximum atomic E-state index is 14.1. The number of rotatable bonds is 7. The van der Waals surface area contributed by atoms with Crippen LogP contribution in [0.5, 0.6) is 0 Å². The minimum absolute atomic E-state index is 0.0132. The fourth-order valence-electron chi connectivity index (χ4n) is 8.48. The molecule has 15 nitrogen and oxygen atoms in total. The number of nitrogens with zero attached hydrogens (tertiary/aromatic N) is 1. The van der Waals surface area contributed by atoms with Gasteiger partial charge in [0.2, 0.25) is 0 Å². The van der Waals surface area contributed by atoms with E-state index in [1.165, 1.54) is 27.9 Å². The molecule has 3 heterocycles. The Morgan fingerprint density at radius 1 is 0.904 bits per heavy atom. The summed E-state index contributed by atoms with van der Waals surface area (Å²) in [5.74, 6) is -4.87. The fraction of sp³-hybridized carbons (Fsp3) is 0.946. The van der Waals surface area contributed by atoms with Crippen molar-refractivity contribution in [3.05, 3.63) is 0 Å². The van der Waals surface area contributed by atoms with Gasteiger partial charge in [0.15, 0.2) is 18.4 Å². The van der Waals surface area contributed by atoms with Crippen molar-refractivity contribution in [2.24, 2.45) is 17.8 Å². The summed E-state index contributed by atoms with van der Waals surface area (Å²) in [5, 5.41) is 69.1. The molecule has 3 rings (SSSR count). The Hall–Kier alpha value is -1.34. The van der Waals surface area contributed by atoms with Crippen molar-refractivity contribution in [2.75, 3.05) is 21.2 Å². The van der Waals surface area contributed by atoms with E-state index >= 15 is 0 Å². The van der Waals surface area contributed by atoms with E-state index in [0.717, 1.165) is 6.92 Å². The Morgan fingerprint density at radius 2 is 1.50 bits per heavy atom. The second-order valence-electron chi connectivity index (χ2n) is 16.8. The average Bonchev–Trinajstić information content (AvgIpc) is 3.05. The van der Waals surface area contributed by atoms with Crippen LogP contribution in [-0.2, 0) is 38.0 Å². The van der Waals surface area contributed by atoms with Gasteiger partial charge in [-0.3, -0.25) is 9.59 Å². The number of hydrogen-bond acceptors (Lipinski definition) is 15. The van der Waals surface area contributed by atoms with Crippen LogP contribution in [0.25, 0.3) is 0 Å². The number of methoxy groups -OCH3 is 1. The van der Waals surface area contributed by atoms with Crippen molar-refractivity contribution in [3.8, 4) is 0 Å². The first kappa shape index (κ1) is 45.1. The number of likely N-dealkylation sites (N-methyl/N-ethyl adjacent to an activating group) is 1. The molecule has 1 unspecified atom stereocenters. The van der Waals surface area contributed by atoms with Gasteiger partial charge in [-0.2, -0.15) is 0 Å². The molecule has 0 radical (unpaired) electrons. The first-order valence-corrected chi connectivity index (χ1v) is 18.6. The van der Waals surface area contributed by atoms with E-state index in [1.807, 2.05) is 25.9 Å². The summed E-state index contributed by atoms with van der Waals surface area (Å²) < 4.78 is 36.9. The highest BCUT2D eigenvalue weighted by Crippen LogP contribution is 2.41. The summed E-state index contributed by atoms with van der Waals surface area (Å²) in [7, 11) is 5.11. The van der Waals surface area contributed by atoms with E-state index in [9.17, 15) is 40.2 Å². The summed E-state index contributed by atoms with van der Waals surface area (Å²) in [5.41, 5.74) is -7.80. The highest BCUT2D eigenvalue weighted by molar-refractivity contribution is 5.89. The van der Waals surface area contributed by atoms with Gasteiger partial charge >= 0.3 is 5.97 Å². The van der Waals surface area contributed by atoms with Crippen LogP contribution in [0, 0.1) is 17.8 Å². The number of carbonyl (C=O) groups is 2. The second kappa shape index (κ2) is 16.8. The van der Waals surface area contributed by atoms with Crippen LogP contribution in [0.2, 0.25) is 0 Å². The van der Waals surface area contributed by atoms with Gasteiger partial charge in [-0.25, -0.2) is 0 Å². The van der Waals surface area contributed by atoms with Gasteiger partial charge in [-0.15, -0.1) is 0 Å². The summed E-state index contributed by atoms with van der Waals surface area (Å²) >= 11 is 0. The number of aliphatic hydroxyl groups is 6. The summed E-state index contributed by atoms with van der Waals surface area (Å²) in [6.45, 7) is 15.3. The van der Waals surface area contributed by atoms with Crippen LogP contribution >= 0.6 is 0 Å². The molecule has 0 aromatic heterocycles. The Balaban J connectivity index is 2.21. The largest absolute Gasteiger partial charge is 0.459 e. The molecule has 6 N–H and O–H groups in total. The van der Waals surface area contributed by atoms with Crippen molar-refractivity contribution in [3.63, 3.8) is 0 Å². The lowest BCUT2D eigenvalue weighted by atomic mass is 9.72. The minimum Gasteiger partial charge on any atom is -0.459 e. The van der Waals surface area contributed by atoms with E-state index in [1.54, 1.807) is 34.6 Å². The molecular weight excluding hydrogens is 682 g/mol. The molecule has 0 bridgehead atoms. The molecule has 3 fully saturated rings. The molecule has 0 aromatic rings. The maximum absolute atomic E-state index is 14.1. The lowest BCUT2D eigenvalue weighted by molar-refractivity contribution is -0.318. The summed E-state index contributed by atoms with van der Waals surface area (Å²) in [4.78, 5) is 29.8. The van der Waals surface area contributed by atoms with E-state index in [4.69, 9.17) is 28.4 Å². The lowest BCUT2D eigenvalue weighted by Gasteiger charge is -2.49. The van der Waals surface area contributed by atoms with Gasteiger partial charge < -0.3 is 64.0 Å². The maximum Gasteiger partial charge on any atom is 0.311 e. The molecule has 304 valence electrons. The topological polar surface area (TPSA) is 214 Å². The standard InChI is InChI=1S/C37H67NO14/c1-14-24-36(9,45)33(43)37(10,46)28(40)18(2)16-34(7,44)30(52-32-26(39)23(38(11)12)15-19(3)48-32)20(4)27(21(5)31(42)50-24)51-25-17-35(8,47-13)29(41)22(6)49-25/h18-27,29-30,32-33,39,41,43-46H,14-17H2,1-13H3/t18-,19-,20+,21-,22+,23+,24-,25+,26-,27+,29+,30-,32+,33+,34-,35-,36-,37?/m1/s1. The van der Waals surface area contributed by atoms with Crippen molar-refractivity contribution >= 4 is 11.8 Å². The Labute approximate surface area is 308 Å². The first-order chi connectivity index (χ1) is 23.8. The van der Waals surface area contributed by atoms with Crippen molar-refractivity contribution in [2.45, 2.75) is 185 Å². The van der Waals surface area contributed by atoms with E-state index in [0.29, 0.717) is 6.42 Å². The normalized spacial score (nSPS) is 50.5. The highest BCUT2D eigenvalue weighted by Gasteiger charge is 2.56. The molecule has 0 amide bonds. The number of hydrogen-bond donors (Lipinski definition) is 6.